The van der Waals surface area contributed by atoms with E-state index in [-0.39, 0.29) is 22.9 Å². The number of fused-ring (bicyclic) bond motifs is 1. The zero-order chi connectivity index (χ0) is 17.4. The lowest BCUT2D eigenvalue weighted by Crippen LogP contribution is -2.40. The van der Waals surface area contributed by atoms with Gasteiger partial charge in [-0.2, -0.15) is 0 Å². The molecule has 1 saturated heterocycles. The second-order valence-corrected chi connectivity index (χ2v) is 6.72. The highest BCUT2D eigenvalue weighted by Crippen LogP contribution is 2.33. The van der Waals surface area contributed by atoms with E-state index in [9.17, 15) is 9.59 Å². The molecular weight excluding hydrogens is 314 g/mol. The van der Waals surface area contributed by atoms with Crippen molar-refractivity contribution in [3.63, 3.8) is 0 Å². The molecule has 2 N–H and O–H groups in total. The molecule has 2 aromatic heterocycles. The minimum atomic E-state index is -0.220. The van der Waals surface area contributed by atoms with Crippen LogP contribution in [-0.2, 0) is 0 Å². The molecule has 5 heteroatoms. The molecule has 1 aliphatic heterocycles. The van der Waals surface area contributed by atoms with Crippen molar-refractivity contribution in [1.29, 1.82) is 0 Å². The third kappa shape index (κ3) is 2.86. The summed E-state index contributed by atoms with van der Waals surface area (Å²) in [5, 5.41) is 1.14. The Bertz CT molecular complexity index is 953. The fraction of sp³-hybridized carbons (Fsp3) is 0.300. The third-order valence-electron chi connectivity index (χ3n) is 4.96. The Balaban J connectivity index is 1.71. The number of carbonyl (C=O) groups is 1. The number of H-pyrrole nitrogens is 2. The van der Waals surface area contributed by atoms with E-state index in [1.165, 1.54) is 12.3 Å². The summed E-state index contributed by atoms with van der Waals surface area (Å²) in [5.74, 6) is -0.190. The molecule has 128 valence electrons. The van der Waals surface area contributed by atoms with Crippen molar-refractivity contribution in [3.05, 3.63) is 69.8 Å². The topological polar surface area (TPSA) is 69.0 Å². The molecule has 1 aromatic carbocycles. The molecular formula is C20H21N3O2. The molecule has 1 amide bonds. The average Bonchev–Trinajstić information content (AvgIpc) is 3.05. The first-order valence-electron chi connectivity index (χ1n) is 8.71. The first-order valence-corrected chi connectivity index (χ1v) is 8.71. The maximum atomic E-state index is 13.0. The predicted octanol–water partition coefficient (Wildman–Crippen LogP) is 3.53. The molecule has 0 aliphatic carbocycles. The fourth-order valence-electron chi connectivity index (χ4n) is 3.67. The number of para-hydroxylation sites is 1. The minimum absolute atomic E-state index is 0.0191. The Morgan fingerprint density at radius 2 is 2.04 bits per heavy atom. The number of likely N-dealkylation sites (tertiary alicyclic amines) is 1. The van der Waals surface area contributed by atoms with Gasteiger partial charge in [-0.3, -0.25) is 9.59 Å². The largest absolute Gasteiger partial charge is 0.364 e. The van der Waals surface area contributed by atoms with Crippen LogP contribution in [0.5, 0.6) is 0 Å². The molecule has 1 unspecified atom stereocenters. The Kier molecular flexibility index (Phi) is 3.92. The molecule has 3 aromatic rings. The number of nitrogens with one attached hydrogen (secondary N) is 2. The highest BCUT2D eigenvalue weighted by atomic mass is 16.2. The quantitative estimate of drug-likeness (QED) is 0.752. The summed E-state index contributed by atoms with van der Waals surface area (Å²) in [5.41, 5.74) is 2.87. The van der Waals surface area contributed by atoms with E-state index in [0.29, 0.717) is 6.54 Å². The number of rotatable bonds is 2. The van der Waals surface area contributed by atoms with Crippen LogP contribution in [0, 0.1) is 6.92 Å². The van der Waals surface area contributed by atoms with Crippen LogP contribution < -0.4 is 5.43 Å². The molecule has 25 heavy (non-hydrogen) atoms. The van der Waals surface area contributed by atoms with Crippen LogP contribution >= 0.6 is 0 Å². The average molecular weight is 335 g/mol. The van der Waals surface area contributed by atoms with Crippen molar-refractivity contribution in [2.24, 2.45) is 0 Å². The van der Waals surface area contributed by atoms with Crippen molar-refractivity contribution in [1.82, 2.24) is 14.9 Å². The Labute approximate surface area is 145 Å². The van der Waals surface area contributed by atoms with Gasteiger partial charge < -0.3 is 14.9 Å². The second-order valence-electron chi connectivity index (χ2n) is 6.72. The smallest absolute Gasteiger partial charge is 0.259 e. The van der Waals surface area contributed by atoms with E-state index >= 15 is 0 Å². The number of benzene rings is 1. The van der Waals surface area contributed by atoms with Crippen LogP contribution in [0.3, 0.4) is 0 Å². The lowest BCUT2D eigenvalue weighted by Gasteiger charge is -2.35. The van der Waals surface area contributed by atoms with Crippen LogP contribution in [0.25, 0.3) is 10.9 Å². The number of amides is 1. The summed E-state index contributed by atoms with van der Waals surface area (Å²) in [6.07, 6.45) is 4.49. The maximum Gasteiger partial charge on any atom is 0.259 e. The monoisotopic (exact) mass is 335 g/mol. The number of nitrogens with zero attached hydrogens (tertiary/aromatic N) is 1. The standard InChI is InChI=1S/C20H21N3O2/c1-13-10-19(24)15(12-21-13)20(25)23-9-5-4-8-18(23)17-11-14-6-2-3-7-16(14)22-17/h2-3,6-7,10-12,18,22H,4-5,8-9H2,1H3,(H,21,24). The number of pyridine rings is 1. The van der Waals surface area contributed by atoms with Crippen molar-refractivity contribution < 1.29 is 4.79 Å². The highest BCUT2D eigenvalue weighted by Gasteiger charge is 2.30. The zero-order valence-electron chi connectivity index (χ0n) is 14.2. The van der Waals surface area contributed by atoms with Gasteiger partial charge in [0.25, 0.3) is 5.91 Å². The normalized spacial score (nSPS) is 17.8. The molecule has 1 aliphatic rings. The third-order valence-corrected chi connectivity index (χ3v) is 4.96. The maximum absolute atomic E-state index is 13.0. The van der Waals surface area contributed by atoms with E-state index in [0.717, 1.165) is 41.6 Å². The first-order chi connectivity index (χ1) is 12.1. The van der Waals surface area contributed by atoms with Gasteiger partial charge >= 0.3 is 0 Å². The van der Waals surface area contributed by atoms with Crippen LogP contribution in [0.15, 0.2) is 47.4 Å². The Hall–Kier alpha value is -2.82. The number of hydrogen-bond acceptors (Lipinski definition) is 2. The summed E-state index contributed by atoms with van der Waals surface area (Å²) in [6, 6.07) is 11.7. The van der Waals surface area contributed by atoms with Gasteiger partial charge in [0.1, 0.15) is 5.56 Å². The van der Waals surface area contributed by atoms with Gasteiger partial charge in [-0.15, -0.1) is 0 Å². The summed E-state index contributed by atoms with van der Waals surface area (Å²) in [4.78, 5) is 33.5. The lowest BCUT2D eigenvalue weighted by molar-refractivity contribution is 0.0605. The van der Waals surface area contributed by atoms with Crippen LogP contribution in [0.4, 0.5) is 0 Å². The van der Waals surface area contributed by atoms with Gasteiger partial charge in [0, 0.05) is 35.7 Å². The van der Waals surface area contributed by atoms with E-state index in [1.807, 2.05) is 30.0 Å². The van der Waals surface area contributed by atoms with Gasteiger partial charge in [0.05, 0.1) is 6.04 Å². The number of aryl methyl sites for hydroxylation is 1. The molecule has 0 saturated carbocycles. The van der Waals surface area contributed by atoms with Crippen LogP contribution in [0.1, 0.15) is 47.1 Å². The molecule has 5 nitrogen and oxygen atoms in total. The van der Waals surface area contributed by atoms with Crippen LogP contribution in [-0.4, -0.2) is 27.3 Å². The number of aromatic amines is 2. The molecule has 4 rings (SSSR count). The predicted molar refractivity (Wildman–Crippen MR) is 97.7 cm³/mol. The molecule has 1 atom stereocenters. The van der Waals surface area contributed by atoms with Gasteiger partial charge in [0.2, 0.25) is 0 Å². The summed E-state index contributed by atoms with van der Waals surface area (Å²) < 4.78 is 0. The summed E-state index contributed by atoms with van der Waals surface area (Å²) in [7, 11) is 0. The number of carbonyl (C=O) groups excluding carboxylic acids is 1. The van der Waals surface area contributed by atoms with E-state index in [2.05, 4.69) is 22.1 Å². The van der Waals surface area contributed by atoms with Gasteiger partial charge in [-0.25, -0.2) is 0 Å². The number of aromatic nitrogens is 2. The van der Waals surface area contributed by atoms with Gasteiger partial charge in [-0.1, -0.05) is 18.2 Å². The fourth-order valence-corrected chi connectivity index (χ4v) is 3.67. The Morgan fingerprint density at radius 3 is 2.84 bits per heavy atom. The number of hydrogen-bond donors (Lipinski definition) is 2. The molecule has 0 spiro atoms. The Morgan fingerprint density at radius 1 is 1.20 bits per heavy atom. The first kappa shape index (κ1) is 15.7. The molecule has 0 radical (unpaired) electrons. The van der Waals surface area contributed by atoms with Gasteiger partial charge in [0.15, 0.2) is 5.43 Å². The summed E-state index contributed by atoms with van der Waals surface area (Å²) >= 11 is 0. The minimum Gasteiger partial charge on any atom is -0.364 e. The molecule has 0 bridgehead atoms. The van der Waals surface area contributed by atoms with E-state index in [1.54, 1.807) is 0 Å². The second kappa shape index (κ2) is 6.24. The highest BCUT2D eigenvalue weighted by molar-refractivity contribution is 5.94. The number of piperidine rings is 1. The van der Waals surface area contributed by atoms with E-state index in [4.69, 9.17) is 0 Å². The zero-order valence-corrected chi connectivity index (χ0v) is 14.2. The van der Waals surface area contributed by atoms with Crippen molar-refractivity contribution in [2.45, 2.75) is 32.2 Å². The van der Waals surface area contributed by atoms with Crippen molar-refractivity contribution in [3.8, 4) is 0 Å². The lowest BCUT2D eigenvalue weighted by atomic mass is 9.98. The van der Waals surface area contributed by atoms with Crippen molar-refractivity contribution >= 4 is 16.8 Å². The van der Waals surface area contributed by atoms with Gasteiger partial charge in [-0.05, 0) is 43.7 Å². The molecule has 1 fully saturated rings. The summed E-state index contributed by atoms with van der Waals surface area (Å²) in [6.45, 7) is 2.48. The van der Waals surface area contributed by atoms with E-state index < -0.39 is 0 Å². The van der Waals surface area contributed by atoms with Crippen molar-refractivity contribution in [2.75, 3.05) is 6.54 Å². The SMILES string of the molecule is Cc1cc(=O)c(C(=O)N2CCCCC2c2cc3ccccc3[nH]2)c[nH]1. The molecule has 3 heterocycles. The van der Waals surface area contributed by atoms with Crippen LogP contribution in [0.2, 0.25) is 0 Å².